The minimum absolute atomic E-state index is 0.817. The molecule has 1 saturated heterocycles. The Kier molecular flexibility index (Phi) is 4.87. The van der Waals surface area contributed by atoms with E-state index in [-0.39, 0.29) is 0 Å². The van der Waals surface area contributed by atoms with Crippen molar-refractivity contribution in [3.8, 4) is 11.5 Å². The summed E-state index contributed by atoms with van der Waals surface area (Å²) in [5, 5.41) is 3.38. The lowest BCUT2D eigenvalue weighted by Gasteiger charge is -2.27. The molecule has 0 bridgehead atoms. The fourth-order valence-corrected chi connectivity index (χ4v) is 2.79. The first-order valence-electron chi connectivity index (χ1n) is 7.28. The molecule has 108 valence electrons. The summed E-state index contributed by atoms with van der Waals surface area (Å²) in [6.45, 7) is 12.1. The number of nitrogen functional groups attached to an aromatic ring is 1. The van der Waals surface area contributed by atoms with Gasteiger partial charge in [-0.2, -0.15) is 0 Å². The Labute approximate surface area is 123 Å². The van der Waals surface area contributed by atoms with E-state index in [4.69, 9.17) is 5.73 Å². The Morgan fingerprint density at radius 1 is 1.20 bits per heavy atom. The molecule has 2 rings (SSSR count). The Hall–Kier alpha value is -1.28. The zero-order valence-corrected chi connectivity index (χ0v) is 13.8. The van der Waals surface area contributed by atoms with Crippen molar-refractivity contribution in [3.63, 3.8) is 0 Å². The van der Waals surface area contributed by atoms with Gasteiger partial charge in [-0.1, -0.05) is 25.6 Å². The molecule has 20 heavy (non-hydrogen) atoms. The molecule has 0 aromatic heterocycles. The van der Waals surface area contributed by atoms with Crippen LogP contribution in [0.15, 0.2) is 18.2 Å². The van der Waals surface area contributed by atoms with E-state index in [1.54, 1.807) is 0 Å². The molecular weight excluding hydrogens is 262 g/mol. The number of nitrogens with zero attached hydrogens (tertiary/aromatic N) is 1. The summed E-state index contributed by atoms with van der Waals surface area (Å²) in [5.74, 6) is 3.30. The summed E-state index contributed by atoms with van der Waals surface area (Å²) in [6.07, 6.45) is 0. The lowest BCUT2D eigenvalue weighted by molar-refractivity contribution is 0.233. The third-order valence-corrected chi connectivity index (χ3v) is 4.09. The van der Waals surface area contributed by atoms with Crippen molar-refractivity contribution in [1.29, 1.82) is 0 Å². The zero-order valence-electron chi connectivity index (χ0n) is 12.8. The molecule has 1 heterocycles. The van der Waals surface area contributed by atoms with Crippen LogP contribution in [0.2, 0.25) is 19.6 Å². The number of nitrogens with two attached hydrogens (primary N) is 1. The third kappa shape index (κ3) is 5.01. The summed E-state index contributed by atoms with van der Waals surface area (Å²) in [4.78, 5) is 2.46. The highest BCUT2D eigenvalue weighted by atomic mass is 28.3. The number of nitrogens with one attached hydrogen (secondary N) is 1. The summed E-state index contributed by atoms with van der Waals surface area (Å²) in [6, 6.07) is 6.24. The molecule has 0 aliphatic carbocycles. The maximum absolute atomic E-state index is 6.02. The van der Waals surface area contributed by atoms with Gasteiger partial charge in [-0.15, -0.1) is 5.54 Å². The average Bonchev–Trinajstić information content (AvgIpc) is 2.36. The normalized spacial score (nSPS) is 16.6. The van der Waals surface area contributed by atoms with Gasteiger partial charge < -0.3 is 11.1 Å². The maximum Gasteiger partial charge on any atom is 0.129 e. The molecule has 3 N–H and O–H groups in total. The van der Waals surface area contributed by atoms with E-state index >= 15 is 0 Å². The van der Waals surface area contributed by atoms with Gasteiger partial charge in [0.2, 0.25) is 0 Å². The van der Waals surface area contributed by atoms with Gasteiger partial charge >= 0.3 is 0 Å². The molecule has 4 heteroatoms. The topological polar surface area (TPSA) is 41.3 Å². The fourth-order valence-electron chi connectivity index (χ4n) is 2.27. The smallest absolute Gasteiger partial charge is 0.129 e. The number of anilines is 1. The van der Waals surface area contributed by atoms with Crippen molar-refractivity contribution in [2.45, 2.75) is 26.2 Å². The zero-order chi connectivity index (χ0) is 14.6. The van der Waals surface area contributed by atoms with E-state index < -0.39 is 8.07 Å². The third-order valence-electron chi connectivity index (χ3n) is 3.21. The molecule has 1 aliphatic rings. The Bertz CT molecular complexity index is 517. The van der Waals surface area contributed by atoms with Crippen molar-refractivity contribution in [3.05, 3.63) is 29.3 Å². The highest BCUT2D eigenvalue weighted by Crippen LogP contribution is 2.14. The SMILES string of the molecule is C[Si](C)(C)C#Cc1cc(N)cc(CN2CCNCC2)c1. The van der Waals surface area contributed by atoms with Crippen LogP contribution >= 0.6 is 0 Å². The molecule has 0 saturated carbocycles. The van der Waals surface area contributed by atoms with Crippen LogP contribution in [0.5, 0.6) is 0 Å². The predicted octanol–water partition coefficient (Wildman–Crippen LogP) is 1.90. The summed E-state index contributed by atoms with van der Waals surface area (Å²) in [5.41, 5.74) is 12.6. The van der Waals surface area contributed by atoms with Crippen molar-refractivity contribution >= 4 is 13.8 Å². The monoisotopic (exact) mass is 287 g/mol. The molecule has 1 fully saturated rings. The highest BCUT2D eigenvalue weighted by Gasteiger charge is 2.11. The Morgan fingerprint density at radius 2 is 1.90 bits per heavy atom. The minimum Gasteiger partial charge on any atom is -0.399 e. The molecular formula is C16H25N3Si. The summed E-state index contributed by atoms with van der Waals surface area (Å²) >= 11 is 0. The highest BCUT2D eigenvalue weighted by molar-refractivity contribution is 6.83. The number of hydrogen-bond donors (Lipinski definition) is 2. The molecule has 1 aliphatic heterocycles. The molecule has 0 amide bonds. The van der Waals surface area contributed by atoms with E-state index in [2.05, 4.69) is 53.5 Å². The second-order valence-corrected chi connectivity index (χ2v) is 11.2. The van der Waals surface area contributed by atoms with Gasteiger partial charge in [-0.3, -0.25) is 4.90 Å². The standard InChI is InChI=1S/C16H25N3Si/c1-20(2,3)9-4-14-10-15(12-16(17)11-14)13-19-7-5-18-6-8-19/h10-12,18H,5-8,13,17H2,1-3H3. The molecule has 3 nitrogen and oxygen atoms in total. The van der Waals surface area contributed by atoms with E-state index in [1.165, 1.54) is 5.56 Å². The van der Waals surface area contributed by atoms with Gasteiger partial charge in [-0.05, 0) is 23.8 Å². The minimum atomic E-state index is -1.34. The summed E-state index contributed by atoms with van der Waals surface area (Å²) in [7, 11) is -1.34. The quantitative estimate of drug-likeness (QED) is 0.496. The maximum atomic E-state index is 6.02. The lowest BCUT2D eigenvalue weighted by atomic mass is 10.1. The molecule has 0 atom stereocenters. The Morgan fingerprint density at radius 3 is 2.55 bits per heavy atom. The van der Waals surface area contributed by atoms with Gasteiger partial charge in [0.15, 0.2) is 0 Å². The molecule has 1 aromatic carbocycles. The van der Waals surface area contributed by atoms with Crippen LogP contribution in [0.1, 0.15) is 11.1 Å². The first-order valence-corrected chi connectivity index (χ1v) is 10.8. The first kappa shape index (κ1) is 15.1. The van der Waals surface area contributed by atoms with Gasteiger partial charge in [0, 0.05) is 44.0 Å². The van der Waals surface area contributed by atoms with Crippen molar-refractivity contribution in [2.75, 3.05) is 31.9 Å². The van der Waals surface area contributed by atoms with Crippen LogP contribution in [0.4, 0.5) is 5.69 Å². The second-order valence-electron chi connectivity index (χ2n) is 6.49. The van der Waals surface area contributed by atoms with E-state index in [9.17, 15) is 0 Å². The van der Waals surface area contributed by atoms with E-state index in [0.717, 1.165) is 44.0 Å². The van der Waals surface area contributed by atoms with Crippen LogP contribution in [-0.2, 0) is 6.54 Å². The van der Waals surface area contributed by atoms with Gasteiger partial charge in [0.25, 0.3) is 0 Å². The van der Waals surface area contributed by atoms with Crippen molar-refractivity contribution in [2.24, 2.45) is 0 Å². The average molecular weight is 287 g/mol. The van der Waals surface area contributed by atoms with Crippen LogP contribution < -0.4 is 11.1 Å². The van der Waals surface area contributed by atoms with Crippen molar-refractivity contribution in [1.82, 2.24) is 10.2 Å². The number of benzene rings is 1. The van der Waals surface area contributed by atoms with Gasteiger partial charge in [0.05, 0.1) is 0 Å². The second kappa shape index (κ2) is 6.44. The molecule has 0 radical (unpaired) electrons. The van der Waals surface area contributed by atoms with Crippen LogP contribution in [-0.4, -0.2) is 39.2 Å². The lowest BCUT2D eigenvalue weighted by Crippen LogP contribution is -2.42. The van der Waals surface area contributed by atoms with Gasteiger partial charge in [0.1, 0.15) is 8.07 Å². The number of hydrogen-bond acceptors (Lipinski definition) is 3. The first-order chi connectivity index (χ1) is 9.42. The predicted molar refractivity (Wildman–Crippen MR) is 89.2 cm³/mol. The van der Waals surface area contributed by atoms with E-state index in [1.807, 2.05) is 6.07 Å². The van der Waals surface area contributed by atoms with Gasteiger partial charge in [-0.25, -0.2) is 0 Å². The largest absolute Gasteiger partial charge is 0.399 e. The van der Waals surface area contributed by atoms with Crippen molar-refractivity contribution < 1.29 is 0 Å². The number of rotatable bonds is 2. The Balaban J connectivity index is 2.13. The molecule has 1 aromatic rings. The number of piperazine rings is 1. The molecule has 0 spiro atoms. The van der Waals surface area contributed by atoms with E-state index in [0.29, 0.717) is 0 Å². The van der Waals surface area contributed by atoms with Crippen LogP contribution in [0.25, 0.3) is 0 Å². The summed E-state index contributed by atoms with van der Waals surface area (Å²) < 4.78 is 0. The fraction of sp³-hybridized carbons (Fsp3) is 0.500. The van der Waals surface area contributed by atoms with Crippen LogP contribution in [0.3, 0.4) is 0 Å². The molecule has 0 unspecified atom stereocenters. The van der Waals surface area contributed by atoms with Crippen LogP contribution in [0, 0.1) is 11.5 Å².